The molecule has 4 nitrogen and oxygen atoms in total. The first-order valence-electron chi connectivity index (χ1n) is 7.36. The summed E-state index contributed by atoms with van der Waals surface area (Å²) in [6, 6.07) is 3.25. The van der Waals surface area contributed by atoms with E-state index in [1.807, 2.05) is 0 Å². The van der Waals surface area contributed by atoms with E-state index in [4.69, 9.17) is 4.74 Å². The molecule has 1 aliphatic heterocycles. The van der Waals surface area contributed by atoms with Crippen molar-refractivity contribution in [3.8, 4) is 0 Å². The lowest BCUT2D eigenvalue weighted by molar-refractivity contribution is -0.116. The van der Waals surface area contributed by atoms with E-state index in [2.05, 4.69) is 10.2 Å². The number of hydrogen-bond donors (Lipinski definition) is 1. The molecule has 1 heterocycles. The van der Waals surface area contributed by atoms with Gasteiger partial charge in [0.05, 0.1) is 13.2 Å². The quantitative estimate of drug-likeness (QED) is 0.644. The molecule has 0 bridgehead atoms. The Morgan fingerprint density at radius 3 is 2.82 bits per heavy atom. The normalized spacial score (nSPS) is 16.1. The van der Waals surface area contributed by atoms with Gasteiger partial charge in [0, 0.05) is 37.3 Å². The molecule has 0 aliphatic carbocycles. The van der Waals surface area contributed by atoms with Crippen LogP contribution in [0.15, 0.2) is 24.3 Å². The van der Waals surface area contributed by atoms with Gasteiger partial charge in [-0.25, -0.2) is 8.78 Å². The summed E-state index contributed by atoms with van der Waals surface area (Å²) in [7, 11) is 0. The fourth-order valence-electron chi connectivity index (χ4n) is 2.20. The summed E-state index contributed by atoms with van der Waals surface area (Å²) >= 11 is 0. The molecule has 0 spiro atoms. The molecule has 6 heteroatoms. The lowest BCUT2D eigenvalue weighted by Crippen LogP contribution is -2.38. The van der Waals surface area contributed by atoms with Gasteiger partial charge in [-0.2, -0.15) is 0 Å². The highest BCUT2D eigenvalue weighted by molar-refractivity contribution is 5.91. The Balaban J connectivity index is 1.67. The van der Waals surface area contributed by atoms with Gasteiger partial charge in [0.15, 0.2) is 0 Å². The molecule has 1 aromatic rings. The molecule has 22 heavy (non-hydrogen) atoms. The van der Waals surface area contributed by atoms with Crippen molar-refractivity contribution in [1.29, 1.82) is 0 Å². The van der Waals surface area contributed by atoms with Crippen molar-refractivity contribution >= 4 is 12.0 Å². The van der Waals surface area contributed by atoms with Crippen LogP contribution in [0.5, 0.6) is 0 Å². The highest BCUT2D eigenvalue weighted by atomic mass is 19.1. The Labute approximate surface area is 128 Å². The molecule has 0 saturated carbocycles. The fourth-order valence-corrected chi connectivity index (χ4v) is 2.20. The van der Waals surface area contributed by atoms with Gasteiger partial charge < -0.3 is 10.1 Å². The van der Waals surface area contributed by atoms with Crippen LogP contribution >= 0.6 is 0 Å². The number of nitrogens with zero attached hydrogens (tertiary/aromatic N) is 1. The number of carbonyl (C=O) groups is 1. The van der Waals surface area contributed by atoms with Crippen LogP contribution in [0.3, 0.4) is 0 Å². The summed E-state index contributed by atoms with van der Waals surface area (Å²) in [6.07, 6.45) is 3.45. The summed E-state index contributed by atoms with van der Waals surface area (Å²) < 4.78 is 31.4. The number of morpholine rings is 1. The van der Waals surface area contributed by atoms with Crippen molar-refractivity contribution in [2.75, 3.05) is 39.4 Å². The van der Waals surface area contributed by atoms with E-state index in [-0.39, 0.29) is 11.5 Å². The van der Waals surface area contributed by atoms with E-state index in [9.17, 15) is 13.6 Å². The fraction of sp³-hybridized carbons (Fsp3) is 0.438. The summed E-state index contributed by atoms with van der Waals surface area (Å²) in [5, 5.41) is 2.74. The lowest BCUT2D eigenvalue weighted by atomic mass is 10.2. The molecule has 1 N–H and O–H groups in total. The first-order valence-corrected chi connectivity index (χ1v) is 7.36. The molecule has 1 aliphatic rings. The van der Waals surface area contributed by atoms with Gasteiger partial charge in [-0.05, 0) is 31.2 Å². The number of benzene rings is 1. The number of nitrogens with one attached hydrogen (secondary N) is 1. The molecule has 1 aromatic carbocycles. The van der Waals surface area contributed by atoms with Gasteiger partial charge >= 0.3 is 0 Å². The Morgan fingerprint density at radius 2 is 2.09 bits per heavy atom. The molecular weight excluding hydrogens is 290 g/mol. The van der Waals surface area contributed by atoms with Crippen molar-refractivity contribution in [2.45, 2.75) is 6.42 Å². The van der Waals surface area contributed by atoms with E-state index in [0.717, 1.165) is 51.4 Å². The predicted molar refractivity (Wildman–Crippen MR) is 80.3 cm³/mol. The second-order valence-corrected chi connectivity index (χ2v) is 5.10. The van der Waals surface area contributed by atoms with Crippen molar-refractivity contribution in [1.82, 2.24) is 10.2 Å². The molecule has 120 valence electrons. The second-order valence-electron chi connectivity index (χ2n) is 5.10. The third-order valence-corrected chi connectivity index (χ3v) is 3.43. The standard InChI is InChI=1S/C16H20F2N2O2/c17-14-4-2-13(15(18)12-14)3-5-16(21)19-6-1-7-20-8-10-22-11-9-20/h2-5,12H,1,6-11H2,(H,19,21)/b5-3+. The smallest absolute Gasteiger partial charge is 0.244 e. The maximum Gasteiger partial charge on any atom is 0.244 e. The molecule has 1 fully saturated rings. The van der Waals surface area contributed by atoms with Gasteiger partial charge in [-0.3, -0.25) is 9.69 Å². The van der Waals surface area contributed by atoms with Gasteiger partial charge in [-0.15, -0.1) is 0 Å². The zero-order valence-corrected chi connectivity index (χ0v) is 12.4. The van der Waals surface area contributed by atoms with Crippen LogP contribution in [0.2, 0.25) is 0 Å². The van der Waals surface area contributed by atoms with Crippen LogP contribution in [-0.4, -0.2) is 50.2 Å². The van der Waals surface area contributed by atoms with Crippen molar-refractivity contribution in [3.05, 3.63) is 41.5 Å². The zero-order valence-electron chi connectivity index (χ0n) is 12.4. The number of ether oxygens (including phenoxy) is 1. The van der Waals surface area contributed by atoms with E-state index in [0.29, 0.717) is 6.54 Å². The Bertz CT molecular complexity index is 529. The zero-order chi connectivity index (χ0) is 15.8. The van der Waals surface area contributed by atoms with Gasteiger partial charge in [-0.1, -0.05) is 0 Å². The average molecular weight is 310 g/mol. The third kappa shape index (κ3) is 5.54. The molecular formula is C16H20F2N2O2. The van der Waals surface area contributed by atoms with Crippen LogP contribution in [0, 0.1) is 11.6 Å². The van der Waals surface area contributed by atoms with E-state index in [1.54, 1.807) is 0 Å². The summed E-state index contributed by atoms with van der Waals surface area (Å²) in [5.74, 6) is -1.61. The summed E-state index contributed by atoms with van der Waals surface area (Å²) in [5.41, 5.74) is 0.185. The van der Waals surface area contributed by atoms with Crippen LogP contribution in [0.4, 0.5) is 8.78 Å². The maximum absolute atomic E-state index is 13.4. The van der Waals surface area contributed by atoms with Gasteiger partial charge in [0.2, 0.25) is 5.91 Å². The summed E-state index contributed by atoms with van der Waals surface area (Å²) in [4.78, 5) is 13.9. The molecule has 1 amide bonds. The van der Waals surface area contributed by atoms with Crippen molar-refractivity contribution in [2.24, 2.45) is 0 Å². The monoisotopic (exact) mass is 310 g/mol. The number of halogens is 2. The van der Waals surface area contributed by atoms with Crippen LogP contribution in [0.25, 0.3) is 6.08 Å². The number of rotatable bonds is 6. The maximum atomic E-state index is 13.4. The lowest BCUT2D eigenvalue weighted by Gasteiger charge is -2.26. The van der Waals surface area contributed by atoms with Gasteiger partial charge in [0.1, 0.15) is 11.6 Å². The molecule has 1 saturated heterocycles. The largest absolute Gasteiger partial charge is 0.379 e. The number of hydrogen-bond acceptors (Lipinski definition) is 3. The highest BCUT2D eigenvalue weighted by Gasteiger charge is 2.09. The summed E-state index contributed by atoms with van der Waals surface area (Å²) in [6.45, 7) is 4.86. The minimum Gasteiger partial charge on any atom is -0.379 e. The Hall–Kier alpha value is -1.79. The van der Waals surface area contributed by atoms with Crippen LogP contribution < -0.4 is 5.32 Å². The number of amides is 1. The average Bonchev–Trinajstić information content (AvgIpc) is 2.52. The third-order valence-electron chi connectivity index (χ3n) is 3.43. The Morgan fingerprint density at radius 1 is 1.32 bits per heavy atom. The van der Waals surface area contributed by atoms with Crippen molar-refractivity contribution < 1.29 is 18.3 Å². The van der Waals surface area contributed by atoms with Crippen LogP contribution in [0.1, 0.15) is 12.0 Å². The highest BCUT2D eigenvalue weighted by Crippen LogP contribution is 2.10. The predicted octanol–water partition coefficient (Wildman–Crippen LogP) is 1.82. The SMILES string of the molecule is O=C(/C=C/c1ccc(F)cc1F)NCCCN1CCOCC1. The first kappa shape index (κ1) is 16.6. The minimum absolute atomic E-state index is 0.185. The Kier molecular flexibility index (Phi) is 6.48. The minimum atomic E-state index is -0.684. The van der Waals surface area contributed by atoms with E-state index in [1.165, 1.54) is 18.2 Å². The molecule has 2 rings (SSSR count). The first-order chi connectivity index (χ1) is 10.6. The van der Waals surface area contributed by atoms with E-state index >= 15 is 0 Å². The molecule has 0 aromatic heterocycles. The van der Waals surface area contributed by atoms with Gasteiger partial charge in [0.25, 0.3) is 0 Å². The van der Waals surface area contributed by atoms with Crippen LogP contribution in [-0.2, 0) is 9.53 Å². The second kappa shape index (κ2) is 8.60. The molecule has 0 radical (unpaired) electrons. The molecule has 0 atom stereocenters. The molecule has 0 unspecified atom stereocenters. The van der Waals surface area contributed by atoms with E-state index < -0.39 is 11.6 Å². The van der Waals surface area contributed by atoms with Crippen molar-refractivity contribution in [3.63, 3.8) is 0 Å². The topological polar surface area (TPSA) is 41.6 Å². The number of carbonyl (C=O) groups excluding carboxylic acids is 1.